The third-order valence-electron chi connectivity index (χ3n) is 4.32. The van der Waals surface area contributed by atoms with Gasteiger partial charge in [-0.25, -0.2) is 0 Å². The molecule has 6 heteroatoms. The van der Waals surface area contributed by atoms with E-state index in [-0.39, 0.29) is 24.8 Å². The number of carbonyl (C=O) groups is 2. The SMILES string of the molecule is Cc1ccccc1NC(=O)CCN1C(=O)C(C)(C)Oc2ccc(Cl)cc21. The van der Waals surface area contributed by atoms with Gasteiger partial charge in [0.1, 0.15) is 5.75 Å². The molecule has 2 aromatic rings. The van der Waals surface area contributed by atoms with Gasteiger partial charge in [-0.1, -0.05) is 29.8 Å². The zero-order chi connectivity index (χ0) is 18.9. The van der Waals surface area contributed by atoms with Crippen molar-refractivity contribution in [2.75, 3.05) is 16.8 Å². The van der Waals surface area contributed by atoms with Gasteiger partial charge in [0.15, 0.2) is 5.60 Å². The maximum Gasteiger partial charge on any atom is 0.270 e. The van der Waals surface area contributed by atoms with Crippen LogP contribution < -0.4 is 15.0 Å². The first-order valence-corrected chi connectivity index (χ1v) is 8.82. The van der Waals surface area contributed by atoms with E-state index in [1.807, 2.05) is 31.2 Å². The van der Waals surface area contributed by atoms with E-state index in [1.54, 1.807) is 36.9 Å². The summed E-state index contributed by atoms with van der Waals surface area (Å²) in [5.74, 6) is 0.231. The van der Waals surface area contributed by atoms with E-state index in [9.17, 15) is 9.59 Å². The fourth-order valence-corrected chi connectivity index (χ4v) is 3.07. The topological polar surface area (TPSA) is 58.6 Å². The predicted octanol–water partition coefficient (Wildman–Crippen LogP) is 4.18. The number of halogens is 1. The smallest absolute Gasteiger partial charge is 0.270 e. The summed E-state index contributed by atoms with van der Waals surface area (Å²) in [5.41, 5.74) is 1.36. The summed E-state index contributed by atoms with van der Waals surface area (Å²) in [5, 5.41) is 3.40. The predicted molar refractivity (Wildman–Crippen MR) is 103 cm³/mol. The van der Waals surface area contributed by atoms with Gasteiger partial charge in [-0.05, 0) is 50.6 Å². The summed E-state index contributed by atoms with van der Waals surface area (Å²) in [4.78, 5) is 26.7. The maximum atomic E-state index is 12.8. The first-order valence-electron chi connectivity index (χ1n) is 8.44. The van der Waals surface area contributed by atoms with E-state index in [2.05, 4.69) is 5.32 Å². The number of benzene rings is 2. The van der Waals surface area contributed by atoms with Gasteiger partial charge in [-0.15, -0.1) is 0 Å². The Morgan fingerprint density at radius 3 is 2.69 bits per heavy atom. The molecule has 0 bridgehead atoms. The molecule has 1 N–H and O–H groups in total. The van der Waals surface area contributed by atoms with Crippen molar-refractivity contribution in [1.29, 1.82) is 0 Å². The summed E-state index contributed by atoms with van der Waals surface area (Å²) >= 11 is 6.08. The fourth-order valence-electron chi connectivity index (χ4n) is 2.90. The fraction of sp³-hybridized carbons (Fsp3) is 0.300. The van der Waals surface area contributed by atoms with Crippen LogP contribution in [0, 0.1) is 6.92 Å². The summed E-state index contributed by atoms with van der Waals surface area (Å²) in [6.07, 6.45) is 0.169. The van der Waals surface area contributed by atoms with Crippen molar-refractivity contribution in [2.45, 2.75) is 32.8 Å². The van der Waals surface area contributed by atoms with Gasteiger partial charge in [-0.2, -0.15) is 0 Å². The van der Waals surface area contributed by atoms with E-state index in [0.29, 0.717) is 16.5 Å². The lowest BCUT2D eigenvalue weighted by molar-refractivity contribution is -0.132. The van der Waals surface area contributed by atoms with Crippen molar-refractivity contribution in [3.8, 4) is 5.75 Å². The van der Waals surface area contributed by atoms with Gasteiger partial charge in [-0.3, -0.25) is 9.59 Å². The van der Waals surface area contributed by atoms with Crippen LogP contribution in [0.25, 0.3) is 0 Å². The lowest BCUT2D eigenvalue weighted by atomic mass is 10.0. The van der Waals surface area contributed by atoms with Crippen molar-refractivity contribution in [1.82, 2.24) is 0 Å². The number of hydrogen-bond donors (Lipinski definition) is 1. The summed E-state index contributed by atoms with van der Waals surface area (Å²) in [6, 6.07) is 12.7. The zero-order valence-electron chi connectivity index (χ0n) is 15.0. The average molecular weight is 373 g/mol. The molecule has 2 amide bonds. The molecule has 0 radical (unpaired) electrons. The molecule has 1 aliphatic rings. The second-order valence-corrected chi connectivity index (χ2v) is 7.23. The summed E-state index contributed by atoms with van der Waals surface area (Å²) in [6.45, 7) is 5.61. The van der Waals surface area contributed by atoms with Crippen molar-refractivity contribution < 1.29 is 14.3 Å². The van der Waals surface area contributed by atoms with Gasteiger partial charge in [0.2, 0.25) is 5.91 Å². The Hall–Kier alpha value is -2.53. The standard InChI is InChI=1S/C20H21ClN2O3/c1-13-6-4-5-7-15(13)22-18(24)10-11-23-16-12-14(21)8-9-17(16)26-20(2,3)19(23)25/h4-9,12H,10-11H2,1-3H3,(H,22,24). The molecule has 26 heavy (non-hydrogen) atoms. The lowest BCUT2D eigenvalue weighted by Crippen LogP contribution is -2.53. The van der Waals surface area contributed by atoms with E-state index < -0.39 is 5.60 Å². The highest BCUT2D eigenvalue weighted by atomic mass is 35.5. The van der Waals surface area contributed by atoms with Crippen LogP contribution in [0.15, 0.2) is 42.5 Å². The van der Waals surface area contributed by atoms with Gasteiger partial charge in [0.05, 0.1) is 5.69 Å². The molecule has 0 spiro atoms. The number of amides is 2. The second-order valence-electron chi connectivity index (χ2n) is 6.79. The molecule has 0 saturated heterocycles. The first kappa shape index (κ1) is 18.3. The number of hydrogen-bond acceptors (Lipinski definition) is 3. The number of nitrogens with zero attached hydrogens (tertiary/aromatic N) is 1. The zero-order valence-corrected chi connectivity index (χ0v) is 15.8. The van der Waals surface area contributed by atoms with Crippen LogP contribution in [-0.4, -0.2) is 24.0 Å². The first-order chi connectivity index (χ1) is 12.3. The van der Waals surface area contributed by atoms with Crippen LogP contribution in [0.5, 0.6) is 5.75 Å². The molecule has 0 fully saturated rings. The molecular weight excluding hydrogens is 352 g/mol. The van der Waals surface area contributed by atoms with Crippen LogP contribution in [0.2, 0.25) is 5.02 Å². The number of nitrogens with one attached hydrogen (secondary N) is 1. The number of para-hydroxylation sites is 1. The van der Waals surface area contributed by atoms with E-state index in [0.717, 1.165) is 11.3 Å². The molecule has 0 saturated carbocycles. The van der Waals surface area contributed by atoms with Crippen molar-refractivity contribution in [3.63, 3.8) is 0 Å². The van der Waals surface area contributed by atoms with Gasteiger partial charge >= 0.3 is 0 Å². The number of ether oxygens (including phenoxy) is 1. The lowest BCUT2D eigenvalue weighted by Gasteiger charge is -2.38. The van der Waals surface area contributed by atoms with E-state index in [4.69, 9.17) is 16.3 Å². The van der Waals surface area contributed by atoms with E-state index >= 15 is 0 Å². The van der Waals surface area contributed by atoms with Gasteiger partial charge in [0.25, 0.3) is 5.91 Å². The highest BCUT2D eigenvalue weighted by Crippen LogP contribution is 2.39. The number of aryl methyl sites for hydroxylation is 1. The average Bonchev–Trinajstić information content (AvgIpc) is 2.58. The van der Waals surface area contributed by atoms with Crippen LogP contribution >= 0.6 is 11.6 Å². The highest BCUT2D eigenvalue weighted by molar-refractivity contribution is 6.31. The molecule has 3 rings (SSSR count). The molecule has 136 valence electrons. The molecule has 0 atom stereocenters. The Bertz CT molecular complexity index is 864. The number of rotatable bonds is 4. The molecule has 0 unspecified atom stereocenters. The second kappa shape index (κ2) is 7.00. The van der Waals surface area contributed by atoms with Crippen LogP contribution in [0.3, 0.4) is 0 Å². The van der Waals surface area contributed by atoms with Crippen molar-refractivity contribution in [2.24, 2.45) is 0 Å². The molecule has 1 aliphatic heterocycles. The van der Waals surface area contributed by atoms with Crippen LogP contribution in [0.4, 0.5) is 11.4 Å². The number of anilines is 2. The minimum absolute atomic E-state index is 0.153. The van der Waals surface area contributed by atoms with E-state index in [1.165, 1.54) is 0 Å². The van der Waals surface area contributed by atoms with Crippen LogP contribution in [0.1, 0.15) is 25.8 Å². The molecular formula is C20H21ClN2O3. The Labute approximate surface area is 157 Å². The summed E-state index contributed by atoms with van der Waals surface area (Å²) < 4.78 is 5.78. The maximum absolute atomic E-state index is 12.8. The Balaban J connectivity index is 1.76. The molecule has 2 aromatic carbocycles. The minimum atomic E-state index is -0.993. The Morgan fingerprint density at radius 2 is 1.96 bits per heavy atom. The van der Waals surface area contributed by atoms with Gasteiger partial charge in [0, 0.05) is 23.7 Å². The number of fused-ring (bicyclic) bond motifs is 1. The largest absolute Gasteiger partial charge is 0.476 e. The van der Waals surface area contributed by atoms with Crippen LogP contribution in [-0.2, 0) is 9.59 Å². The summed E-state index contributed by atoms with van der Waals surface area (Å²) in [7, 11) is 0. The van der Waals surface area contributed by atoms with Crippen molar-refractivity contribution in [3.05, 3.63) is 53.1 Å². The molecule has 5 nitrogen and oxygen atoms in total. The third kappa shape index (κ3) is 3.68. The molecule has 0 aliphatic carbocycles. The monoisotopic (exact) mass is 372 g/mol. The highest BCUT2D eigenvalue weighted by Gasteiger charge is 2.40. The normalized spacial score (nSPS) is 15.2. The molecule has 1 heterocycles. The minimum Gasteiger partial charge on any atom is -0.476 e. The quantitative estimate of drug-likeness (QED) is 0.875. The third-order valence-corrected chi connectivity index (χ3v) is 4.55. The Kier molecular flexibility index (Phi) is 4.92. The number of carbonyl (C=O) groups excluding carboxylic acids is 2. The Morgan fingerprint density at radius 1 is 1.23 bits per heavy atom. The van der Waals surface area contributed by atoms with Gasteiger partial charge < -0.3 is 15.0 Å². The molecule has 0 aromatic heterocycles. The van der Waals surface area contributed by atoms with Crippen molar-refractivity contribution >= 4 is 34.8 Å².